The quantitative estimate of drug-likeness (QED) is 0.147. The van der Waals surface area contributed by atoms with Crippen molar-refractivity contribution < 1.29 is 0 Å². The van der Waals surface area contributed by atoms with Crippen LogP contribution in [0.1, 0.15) is 33.4 Å². The fraction of sp³-hybridized carbons (Fsp3) is 0.0811. The molecule has 0 radical (unpaired) electrons. The van der Waals surface area contributed by atoms with E-state index in [0.717, 1.165) is 0 Å². The average Bonchev–Trinajstić information content (AvgIpc) is 3.45. The van der Waals surface area contributed by atoms with Gasteiger partial charge in [-0.25, -0.2) is 0 Å². The Morgan fingerprint density at radius 1 is 0.187 bits per heavy atom. The van der Waals surface area contributed by atoms with Gasteiger partial charge >= 0.3 is 0 Å². The van der Waals surface area contributed by atoms with Crippen molar-refractivity contribution in [1.29, 1.82) is 0 Å². The van der Waals surface area contributed by atoms with E-state index in [1.54, 1.807) is 0 Å². The molecule has 0 aromatic heterocycles. The molecule has 0 aliphatic carbocycles. The Morgan fingerprint density at radius 3 is 0.720 bits per heavy atom. The van der Waals surface area contributed by atoms with Crippen LogP contribution in [0.25, 0.3) is 109 Å². The highest BCUT2D eigenvalue weighted by Crippen LogP contribution is 2.48. The van der Waals surface area contributed by atoms with Gasteiger partial charge in [0.25, 0.3) is 0 Å². The molecule has 0 atom stereocenters. The summed E-state index contributed by atoms with van der Waals surface area (Å²) in [5.74, 6) is 0. The molecule has 0 aliphatic rings. The summed E-state index contributed by atoms with van der Waals surface area (Å²) in [5, 5.41) is 12.6. The van der Waals surface area contributed by atoms with Crippen molar-refractivity contribution in [3.63, 3.8) is 0 Å². The molecule has 13 rings (SSSR count). The molecule has 1 heteroatoms. The molecule has 358 valence electrons. The molecule has 0 fully saturated rings. The third-order valence-corrected chi connectivity index (χ3v) is 16.0. The average molecular weight is 960 g/mol. The van der Waals surface area contributed by atoms with Crippen molar-refractivity contribution in [1.82, 2.24) is 0 Å². The Labute approximate surface area is 440 Å². The number of benzene rings is 13. The molecule has 1 nitrogen and oxygen atoms in total. The minimum Gasteiger partial charge on any atom is -0.310 e. The van der Waals surface area contributed by atoms with Crippen LogP contribution in [0.2, 0.25) is 0 Å². The zero-order valence-corrected chi connectivity index (χ0v) is 43.5. The minimum absolute atomic E-state index is 1.17. The van der Waals surface area contributed by atoms with Gasteiger partial charge in [0.1, 0.15) is 0 Å². The third kappa shape index (κ3) is 7.78. The Hall–Kier alpha value is -9.04. The summed E-state index contributed by atoms with van der Waals surface area (Å²) < 4.78 is 0. The van der Waals surface area contributed by atoms with Crippen LogP contribution in [-0.2, 0) is 0 Å². The standard InChI is InChI=1S/C74H57N/c1-46-43-72(49(4)40-69(46)60-35-19-25-54-22-9-12-28-57(54)60)75(73-44-47(2)70(41-50(73)5)67-38-36-65(61-29-13-15-31-63(61)67)58-33-17-23-52-20-7-10-26-55(52)58)74-45-48(3)71(42-51(74)6)68-39-37-66(62-30-14-16-32-64(62)68)59-34-18-24-53-21-8-11-27-56(53)59/h7-45H,1-6H3. The number of anilines is 3. The lowest BCUT2D eigenvalue weighted by atomic mass is 9.87. The smallest absolute Gasteiger partial charge is 0.0494 e. The second-order valence-corrected chi connectivity index (χ2v) is 20.7. The maximum atomic E-state index is 2.55. The zero-order chi connectivity index (χ0) is 50.9. The summed E-state index contributed by atoms with van der Waals surface area (Å²) in [4.78, 5) is 2.55. The van der Waals surface area contributed by atoms with E-state index in [4.69, 9.17) is 0 Å². The number of rotatable bonds is 8. The van der Waals surface area contributed by atoms with Crippen LogP contribution in [0.5, 0.6) is 0 Å². The number of fused-ring (bicyclic) bond motifs is 5. The van der Waals surface area contributed by atoms with Crippen molar-refractivity contribution in [3.05, 3.63) is 270 Å². The zero-order valence-electron chi connectivity index (χ0n) is 43.5. The fourth-order valence-electron chi connectivity index (χ4n) is 12.3. The summed E-state index contributed by atoms with van der Waals surface area (Å²) in [7, 11) is 0. The first-order valence-corrected chi connectivity index (χ1v) is 26.3. The minimum atomic E-state index is 1.17. The van der Waals surface area contributed by atoms with E-state index in [9.17, 15) is 0 Å². The lowest BCUT2D eigenvalue weighted by Gasteiger charge is -2.32. The Kier molecular flexibility index (Phi) is 11.3. The molecule has 0 bridgehead atoms. The Morgan fingerprint density at radius 2 is 0.413 bits per heavy atom. The van der Waals surface area contributed by atoms with E-state index in [1.807, 2.05) is 0 Å². The van der Waals surface area contributed by atoms with E-state index >= 15 is 0 Å². The molecule has 0 saturated heterocycles. The Bertz CT molecular complexity index is 4200. The second-order valence-electron chi connectivity index (χ2n) is 20.7. The normalized spacial score (nSPS) is 11.6. The largest absolute Gasteiger partial charge is 0.310 e. The Balaban J connectivity index is 0.974. The van der Waals surface area contributed by atoms with Gasteiger partial charge in [0.2, 0.25) is 0 Å². The maximum Gasteiger partial charge on any atom is 0.0494 e. The van der Waals surface area contributed by atoms with Crippen molar-refractivity contribution in [3.8, 4) is 55.6 Å². The van der Waals surface area contributed by atoms with Gasteiger partial charge < -0.3 is 4.90 Å². The van der Waals surface area contributed by atoms with Gasteiger partial charge in [0.05, 0.1) is 0 Å². The van der Waals surface area contributed by atoms with Crippen molar-refractivity contribution in [2.75, 3.05) is 4.90 Å². The van der Waals surface area contributed by atoms with Gasteiger partial charge in [-0.05, 0) is 221 Å². The molecule has 0 saturated carbocycles. The van der Waals surface area contributed by atoms with Crippen LogP contribution in [0.3, 0.4) is 0 Å². The van der Waals surface area contributed by atoms with E-state index in [1.165, 1.54) is 160 Å². The fourth-order valence-corrected chi connectivity index (χ4v) is 12.3. The monoisotopic (exact) mass is 959 g/mol. The van der Waals surface area contributed by atoms with E-state index in [2.05, 4.69) is 283 Å². The van der Waals surface area contributed by atoms with Gasteiger partial charge in [-0.15, -0.1) is 0 Å². The van der Waals surface area contributed by atoms with Gasteiger partial charge in [0, 0.05) is 17.1 Å². The first kappa shape index (κ1) is 45.8. The van der Waals surface area contributed by atoms with Crippen LogP contribution in [0.4, 0.5) is 17.1 Å². The lowest BCUT2D eigenvalue weighted by molar-refractivity contribution is 1.18. The van der Waals surface area contributed by atoms with Gasteiger partial charge in [-0.2, -0.15) is 0 Å². The number of hydrogen-bond acceptors (Lipinski definition) is 1. The second kappa shape index (κ2) is 18.5. The summed E-state index contributed by atoms with van der Waals surface area (Å²) in [6.45, 7) is 13.7. The predicted octanol–water partition coefficient (Wildman–Crippen LogP) is 21.1. The molecule has 0 spiro atoms. The summed E-state index contributed by atoms with van der Waals surface area (Å²) in [6, 6.07) is 88.0. The van der Waals surface area contributed by atoms with Gasteiger partial charge in [0.15, 0.2) is 0 Å². The molecule has 0 heterocycles. The van der Waals surface area contributed by atoms with Gasteiger partial charge in [-0.3, -0.25) is 0 Å². The van der Waals surface area contributed by atoms with Crippen LogP contribution in [0.15, 0.2) is 237 Å². The first-order valence-electron chi connectivity index (χ1n) is 26.3. The number of hydrogen-bond donors (Lipinski definition) is 0. The van der Waals surface area contributed by atoms with Crippen LogP contribution in [-0.4, -0.2) is 0 Å². The van der Waals surface area contributed by atoms with Gasteiger partial charge in [-0.1, -0.05) is 200 Å². The third-order valence-electron chi connectivity index (χ3n) is 16.0. The molecule has 0 aliphatic heterocycles. The highest BCUT2D eigenvalue weighted by molar-refractivity contribution is 6.12. The van der Waals surface area contributed by atoms with Crippen molar-refractivity contribution in [2.45, 2.75) is 41.5 Å². The molecule has 0 unspecified atom stereocenters. The summed E-state index contributed by atoms with van der Waals surface area (Å²) in [6.07, 6.45) is 0. The highest BCUT2D eigenvalue weighted by atomic mass is 15.1. The summed E-state index contributed by atoms with van der Waals surface area (Å²) >= 11 is 0. The van der Waals surface area contributed by atoms with Crippen molar-refractivity contribution in [2.24, 2.45) is 0 Å². The molecule has 0 N–H and O–H groups in total. The van der Waals surface area contributed by atoms with Crippen LogP contribution < -0.4 is 4.90 Å². The topological polar surface area (TPSA) is 3.24 Å². The number of nitrogens with zero attached hydrogens (tertiary/aromatic N) is 1. The molecule has 75 heavy (non-hydrogen) atoms. The molecule has 13 aromatic rings. The highest BCUT2D eigenvalue weighted by Gasteiger charge is 2.24. The lowest BCUT2D eigenvalue weighted by Crippen LogP contribution is -2.15. The maximum absolute atomic E-state index is 2.55. The van der Waals surface area contributed by atoms with Crippen LogP contribution >= 0.6 is 0 Å². The van der Waals surface area contributed by atoms with Crippen LogP contribution in [0, 0.1) is 41.5 Å². The van der Waals surface area contributed by atoms with E-state index in [-0.39, 0.29) is 0 Å². The van der Waals surface area contributed by atoms with E-state index < -0.39 is 0 Å². The molecule has 13 aromatic carbocycles. The molecule has 0 amide bonds. The summed E-state index contributed by atoms with van der Waals surface area (Å²) in [5.41, 5.74) is 23.4. The number of aryl methyl sites for hydroxylation is 6. The van der Waals surface area contributed by atoms with Crippen molar-refractivity contribution >= 4 is 70.9 Å². The SMILES string of the molecule is Cc1cc(N(c2cc(C)c(-c3ccc(-c4cccc5ccccc45)c4ccccc34)cc2C)c2cc(C)c(-c3ccc(-c4cccc5ccccc45)c4ccccc34)cc2C)c(C)cc1-c1cccc2ccccc12. The van der Waals surface area contributed by atoms with E-state index in [0.29, 0.717) is 0 Å². The predicted molar refractivity (Wildman–Crippen MR) is 324 cm³/mol. The first-order chi connectivity index (χ1) is 36.7. The molecular formula is C74H57N. The molecular weight excluding hydrogens is 903 g/mol.